The van der Waals surface area contributed by atoms with Crippen molar-refractivity contribution in [2.45, 2.75) is 19.4 Å². The van der Waals surface area contributed by atoms with Gasteiger partial charge < -0.3 is 16.0 Å². The molecule has 1 saturated heterocycles. The molecule has 126 valence electrons. The molecule has 0 radical (unpaired) electrons. The molecule has 1 aliphatic rings. The normalized spacial score (nSPS) is 15.4. The molecule has 0 aliphatic carbocycles. The Hall–Kier alpha value is -2.36. The summed E-state index contributed by atoms with van der Waals surface area (Å²) in [6.07, 6.45) is 2.67. The zero-order valence-corrected chi connectivity index (χ0v) is 13.9. The van der Waals surface area contributed by atoms with Crippen molar-refractivity contribution in [2.75, 3.05) is 13.1 Å². The number of halogens is 1. The molecular weight excluding hydrogens is 328 g/mol. The molecule has 1 heterocycles. The molecule has 1 aromatic carbocycles. The summed E-state index contributed by atoms with van der Waals surface area (Å²) < 4.78 is 0. The molecule has 6 nitrogen and oxygen atoms in total. The van der Waals surface area contributed by atoms with Gasteiger partial charge in [0.15, 0.2) is 0 Å². The number of piperidine rings is 1. The summed E-state index contributed by atoms with van der Waals surface area (Å²) >= 11 is 6.02. The van der Waals surface area contributed by atoms with Crippen LogP contribution in [0.5, 0.6) is 0 Å². The van der Waals surface area contributed by atoms with Crippen LogP contribution in [0.15, 0.2) is 36.0 Å². The van der Waals surface area contributed by atoms with Gasteiger partial charge in [0.2, 0.25) is 5.91 Å². The number of nitrogens with one attached hydrogen (secondary N) is 3. The van der Waals surface area contributed by atoms with Crippen LogP contribution in [0, 0.1) is 17.2 Å². The van der Waals surface area contributed by atoms with E-state index < -0.39 is 5.91 Å². The van der Waals surface area contributed by atoms with Gasteiger partial charge in [-0.1, -0.05) is 29.8 Å². The smallest absolute Gasteiger partial charge is 0.263 e. The van der Waals surface area contributed by atoms with E-state index in [1.807, 2.05) is 6.07 Å². The molecule has 0 unspecified atom stereocenters. The first-order chi connectivity index (χ1) is 11.6. The summed E-state index contributed by atoms with van der Waals surface area (Å²) in [4.78, 5) is 24.1. The number of rotatable bonds is 5. The highest BCUT2D eigenvalue weighted by molar-refractivity contribution is 6.31. The minimum absolute atomic E-state index is 0.0892. The monoisotopic (exact) mass is 346 g/mol. The molecule has 0 spiro atoms. The lowest BCUT2D eigenvalue weighted by molar-refractivity contribution is -0.124. The predicted octanol–water partition coefficient (Wildman–Crippen LogP) is 1.48. The second-order valence-electron chi connectivity index (χ2n) is 5.48. The highest BCUT2D eigenvalue weighted by Crippen LogP contribution is 2.14. The zero-order valence-electron chi connectivity index (χ0n) is 13.1. The molecule has 0 atom stereocenters. The van der Waals surface area contributed by atoms with Crippen molar-refractivity contribution in [1.82, 2.24) is 16.0 Å². The molecule has 0 aromatic heterocycles. The van der Waals surface area contributed by atoms with Crippen molar-refractivity contribution < 1.29 is 9.59 Å². The lowest BCUT2D eigenvalue weighted by Crippen LogP contribution is -2.36. The molecule has 1 fully saturated rings. The highest BCUT2D eigenvalue weighted by atomic mass is 35.5. The maximum absolute atomic E-state index is 12.0. The third kappa shape index (κ3) is 5.08. The molecule has 0 saturated carbocycles. The van der Waals surface area contributed by atoms with Gasteiger partial charge in [-0.05, 0) is 37.6 Å². The average Bonchev–Trinajstić information content (AvgIpc) is 2.62. The Balaban J connectivity index is 1.89. The first-order valence-corrected chi connectivity index (χ1v) is 8.12. The molecular formula is C17H19ClN4O2. The third-order valence-corrected chi connectivity index (χ3v) is 4.20. The summed E-state index contributed by atoms with van der Waals surface area (Å²) in [5.41, 5.74) is 0.605. The number of nitriles is 1. The van der Waals surface area contributed by atoms with Crippen LogP contribution in [0.25, 0.3) is 0 Å². The summed E-state index contributed by atoms with van der Waals surface area (Å²) in [6.45, 7) is 1.80. The van der Waals surface area contributed by atoms with Crippen LogP contribution in [-0.2, 0) is 16.1 Å². The minimum Gasteiger partial charge on any atom is -0.347 e. The Morgan fingerprint density at radius 3 is 2.71 bits per heavy atom. The van der Waals surface area contributed by atoms with Crippen molar-refractivity contribution in [3.63, 3.8) is 0 Å². The molecule has 1 aliphatic heterocycles. The van der Waals surface area contributed by atoms with E-state index in [0.717, 1.165) is 31.5 Å². The van der Waals surface area contributed by atoms with Gasteiger partial charge in [-0.15, -0.1) is 0 Å². The van der Waals surface area contributed by atoms with Crippen LogP contribution in [0.2, 0.25) is 5.02 Å². The number of nitrogens with zero attached hydrogens (tertiary/aromatic N) is 1. The molecule has 24 heavy (non-hydrogen) atoms. The van der Waals surface area contributed by atoms with Gasteiger partial charge in [0.25, 0.3) is 5.91 Å². The summed E-state index contributed by atoms with van der Waals surface area (Å²) in [5.74, 6) is -0.806. The van der Waals surface area contributed by atoms with E-state index in [2.05, 4.69) is 16.0 Å². The predicted molar refractivity (Wildman–Crippen MR) is 90.7 cm³/mol. The van der Waals surface area contributed by atoms with Crippen LogP contribution < -0.4 is 16.0 Å². The fourth-order valence-corrected chi connectivity index (χ4v) is 2.61. The number of hydrogen-bond acceptors (Lipinski definition) is 4. The van der Waals surface area contributed by atoms with Crippen LogP contribution in [-0.4, -0.2) is 24.9 Å². The SMILES string of the molecule is N#C/C(=C/NC(=O)C1CCNCC1)C(=O)NCc1ccccc1Cl. The van der Waals surface area contributed by atoms with Crippen molar-refractivity contribution in [2.24, 2.45) is 5.92 Å². The third-order valence-electron chi connectivity index (χ3n) is 3.83. The van der Waals surface area contributed by atoms with Gasteiger partial charge in [-0.25, -0.2) is 0 Å². The van der Waals surface area contributed by atoms with E-state index in [1.54, 1.807) is 24.3 Å². The van der Waals surface area contributed by atoms with Crippen molar-refractivity contribution in [3.8, 4) is 6.07 Å². The Bertz CT molecular complexity index is 675. The molecule has 1 aromatic rings. The van der Waals surface area contributed by atoms with E-state index in [4.69, 9.17) is 16.9 Å². The van der Waals surface area contributed by atoms with Crippen LogP contribution in [0.3, 0.4) is 0 Å². The maximum Gasteiger partial charge on any atom is 0.263 e. The van der Waals surface area contributed by atoms with Crippen LogP contribution >= 0.6 is 11.6 Å². The standard InChI is InChI=1S/C17H19ClN4O2/c18-15-4-2-1-3-13(15)10-21-17(24)14(9-19)11-22-16(23)12-5-7-20-8-6-12/h1-4,11-12,20H,5-8,10H2,(H,21,24)(H,22,23)/b14-11-. The van der Waals surface area contributed by atoms with E-state index in [-0.39, 0.29) is 23.9 Å². The fourth-order valence-electron chi connectivity index (χ4n) is 2.41. The van der Waals surface area contributed by atoms with E-state index in [9.17, 15) is 9.59 Å². The zero-order chi connectivity index (χ0) is 17.4. The average molecular weight is 347 g/mol. The number of benzene rings is 1. The molecule has 2 amide bonds. The van der Waals surface area contributed by atoms with Gasteiger partial charge in [-0.3, -0.25) is 9.59 Å². The number of carbonyl (C=O) groups is 2. The lowest BCUT2D eigenvalue weighted by Gasteiger charge is -2.20. The molecule has 3 N–H and O–H groups in total. The Kier molecular flexibility index (Phi) is 6.79. The summed E-state index contributed by atoms with van der Waals surface area (Å²) in [6, 6.07) is 8.92. The van der Waals surface area contributed by atoms with Gasteiger partial charge >= 0.3 is 0 Å². The second-order valence-corrected chi connectivity index (χ2v) is 5.88. The van der Waals surface area contributed by atoms with E-state index >= 15 is 0 Å². The van der Waals surface area contributed by atoms with E-state index in [0.29, 0.717) is 5.02 Å². The van der Waals surface area contributed by atoms with Gasteiger partial charge in [0, 0.05) is 23.7 Å². The topological polar surface area (TPSA) is 94.0 Å². The number of carbonyl (C=O) groups excluding carboxylic acids is 2. The van der Waals surface area contributed by atoms with Crippen molar-refractivity contribution in [1.29, 1.82) is 5.26 Å². The quantitative estimate of drug-likeness (QED) is 0.556. The summed E-state index contributed by atoms with van der Waals surface area (Å²) in [5, 5.41) is 18.0. The highest BCUT2D eigenvalue weighted by Gasteiger charge is 2.20. The van der Waals surface area contributed by atoms with Gasteiger partial charge in [0.05, 0.1) is 0 Å². The van der Waals surface area contributed by atoms with Crippen molar-refractivity contribution >= 4 is 23.4 Å². The first-order valence-electron chi connectivity index (χ1n) is 7.74. The molecule has 7 heteroatoms. The number of amides is 2. The van der Waals surface area contributed by atoms with Crippen molar-refractivity contribution in [3.05, 3.63) is 46.6 Å². The Morgan fingerprint density at radius 1 is 1.33 bits per heavy atom. The Morgan fingerprint density at radius 2 is 2.04 bits per heavy atom. The molecule has 2 rings (SSSR count). The van der Waals surface area contributed by atoms with Crippen LogP contribution in [0.4, 0.5) is 0 Å². The van der Waals surface area contributed by atoms with Gasteiger partial charge in [0.1, 0.15) is 11.6 Å². The van der Waals surface area contributed by atoms with Gasteiger partial charge in [-0.2, -0.15) is 5.26 Å². The minimum atomic E-state index is -0.553. The molecule has 0 bridgehead atoms. The summed E-state index contributed by atoms with van der Waals surface area (Å²) in [7, 11) is 0. The van der Waals surface area contributed by atoms with Crippen LogP contribution in [0.1, 0.15) is 18.4 Å². The first kappa shape index (κ1) is 18.0. The largest absolute Gasteiger partial charge is 0.347 e. The lowest BCUT2D eigenvalue weighted by atomic mass is 9.97. The number of hydrogen-bond donors (Lipinski definition) is 3. The Labute approximate surface area is 145 Å². The fraction of sp³-hybridized carbons (Fsp3) is 0.353. The van der Waals surface area contributed by atoms with E-state index in [1.165, 1.54) is 6.20 Å². The maximum atomic E-state index is 12.0. The second kappa shape index (κ2) is 9.06.